The molecule has 0 saturated carbocycles. The Balaban J connectivity index is 1.85. The molecule has 0 fully saturated rings. The lowest BCUT2D eigenvalue weighted by atomic mass is 10.0. The van der Waals surface area contributed by atoms with Crippen molar-refractivity contribution < 1.29 is 14.3 Å². The van der Waals surface area contributed by atoms with Gasteiger partial charge in [0, 0.05) is 17.0 Å². The number of thiophene rings is 1. The van der Waals surface area contributed by atoms with Gasteiger partial charge < -0.3 is 10.1 Å². The quantitative estimate of drug-likeness (QED) is 0.361. The summed E-state index contributed by atoms with van der Waals surface area (Å²) in [5, 5.41) is 5.86. The Morgan fingerprint density at radius 3 is 2.45 bits per heavy atom. The number of carbonyl (C=O) groups excluding carboxylic acids is 2. The molecule has 3 rings (SSSR count). The molecule has 0 atom stereocenters. The number of hydrogen-bond acceptors (Lipinski definition) is 4. The van der Waals surface area contributed by atoms with Crippen LogP contribution in [0, 0.1) is 6.92 Å². The van der Waals surface area contributed by atoms with Crippen LogP contribution in [0.15, 0.2) is 53.9 Å². The predicted octanol–water partition coefficient (Wildman–Crippen LogP) is 6.47. The molecule has 1 aromatic heterocycles. The Kier molecular flexibility index (Phi) is 6.75. The lowest BCUT2D eigenvalue weighted by molar-refractivity contribution is -0.111. The summed E-state index contributed by atoms with van der Waals surface area (Å²) in [7, 11) is 1.31. The van der Waals surface area contributed by atoms with Gasteiger partial charge in [0.25, 0.3) is 0 Å². The smallest absolute Gasteiger partial charge is 0.341 e. The van der Waals surface area contributed by atoms with Crippen molar-refractivity contribution >= 4 is 57.5 Å². The Morgan fingerprint density at radius 1 is 1.07 bits per heavy atom. The maximum Gasteiger partial charge on any atom is 0.341 e. The summed E-state index contributed by atoms with van der Waals surface area (Å²) in [6.45, 7) is 1.99. The standard InChI is InChI=1S/C22H17Cl2NO3S/c1-13-3-7-15(8-4-13)16-12-29-21(20(16)22(27)28-2)25-19(26)10-6-14-5-9-17(23)18(24)11-14/h3-12H,1-2H3,(H,25,26). The molecule has 1 amide bonds. The minimum absolute atomic E-state index is 0.331. The number of benzene rings is 2. The van der Waals surface area contributed by atoms with Crippen molar-refractivity contribution in [2.45, 2.75) is 6.92 Å². The van der Waals surface area contributed by atoms with Crippen molar-refractivity contribution in [1.29, 1.82) is 0 Å². The molecule has 3 aromatic rings. The van der Waals surface area contributed by atoms with Gasteiger partial charge in [-0.3, -0.25) is 4.79 Å². The normalized spacial score (nSPS) is 10.9. The molecule has 1 heterocycles. The van der Waals surface area contributed by atoms with Gasteiger partial charge in [-0.2, -0.15) is 0 Å². The molecule has 148 valence electrons. The van der Waals surface area contributed by atoms with Crippen molar-refractivity contribution in [3.63, 3.8) is 0 Å². The molecule has 0 aliphatic carbocycles. The maximum absolute atomic E-state index is 12.4. The van der Waals surface area contributed by atoms with Crippen LogP contribution in [0.4, 0.5) is 5.00 Å². The Bertz CT molecular complexity index is 1090. The summed E-state index contributed by atoms with van der Waals surface area (Å²) in [6, 6.07) is 12.9. The van der Waals surface area contributed by atoms with E-state index >= 15 is 0 Å². The Morgan fingerprint density at radius 2 is 1.79 bits per heavy atom. The number of carbonyl (C=O) groups is 2. The van der Waals surface area contributed by atoms with E-state index in [1.165, 1.54) is 24.5 Å². The van der Waals surface area contributed by atoms with Gasteiger partial charge >= 0.3 is 5.97 Å². The predicted molar refractivity (Wildman–Crippen MR) is 120 cm³/mol. The Labute approximate surface area is 182 Å². The zero-order chi connectivity index (χ0) is 21.0. The van der Waals surface area contributed by atoms with E-state index in [0.717, 1.165) is 16.7 Å². The van der Waals surface area contributed by atoms with Gasteiger partial charge in [-0.15, -0.1) is 11.3 Å². The molecule has 29 heavy (non-hydrogen) atoms. The number of hydrogen-bond donors (Lipinski definition) is 1. The first-order chi connectivity index (χ1) is 13.9. The van der Waals surface area contributed by atoms with Gasteiger partial charge in [0.15, 0.2) is 0 Å². The number of nitrogens with one attached hydrogen (secondary N) is 1. The molecular weight excluding hydrogens is 429 g/mol. The molecule has 2 aromatic carbocycles. The van der Waals surface area contributed by atoms with E-state index in [4.69, 9.17) is 27.9 Å². The average Bonchev–Trinajstić information content (AvgIpc) is 3.12. The minimum Gasteiger partial charge on any atom is -0.465 e. The lowest BCUT2D eigenvalue weighted by Gasteiger charge is -2.07. The van der Waals surface area contributed by atoms with Crippen molar-refractivity contribution in [2.24, 2.45) is 0 Å². The van der Waals surface area contributed by atoms with Gasteiger partial charge in [-0.05, 0) is 36.3 Å². The molecule has 0 spiro atoms. The van der Waals surface area contributed by atoms with E-state index in [1.807, 2.05) is 36.6 Å². The summed E-state index contributed by atoms with van der Waals surface area (Å²) < 4.78 is 4.93. The Hall–Kier alpha value is -2.60. The van der Waals surface area contributed by atoms with Crippen LogP contribution >= 0.6 is 34.5 Å². The highest BCUT2D eigenvalue weighted by Gasteiger charge is 2.21. The second kappa shape index (κ2) is 9.27. The lowest BCUT2D eigenvalue weighted by Crippen LogP contribution is -2.11. The maximum atomic E-state index is 12.4. The van der Waals surface area contributed by atoms with Crippen molar-refractivity contribution in [2.75, 3.05) is 12.4 Å². The van der Waals surface area contributed by atoms with E-state index in [0.29, 0.717) is 26.2 Å². The van der Waals surface area contributed by atoms with Crippen molar-refractivity contribution in [3.8, 4) is 11.1 Å². The van der Waals surface area contributed by atoms with Crippen LogP contribution in [0.2, 0.25) is 10.0 Å². The first kappa shape index (κ1) is 21.1. The summed E-state index contributed by atoms with van der Waals surface area (Å²) in [6.07, 6.45) is 2.98. The number of rotatable bonds is 5. The molecule has 7 heteroatoms. The monoisotopic (exact) mass is 445 g/mol. The van der Waals surface area contributed by atoms with Crippen LogP contribution in [0.1, 0.15) is 21.5 Å². The summed E-state index contributed by atoms with van der Waals surface area (Å²) >= 11 is 13.1. The SMILES string of the molecule is COC(=O)c1c(-c2ccc(C)cc2)csc1NC(=O)C=Cc1ccc(Cl)c(Cl)c1. The second-order valence-electron chi connectivity index (χ2n) is 6.21. The first-order valence-electron chi connectivity index (χ1n) is 8.60. The van der Waals surface area contributed by atoms with Crippen LogP contribution in [0.25, 0.3) is 17.2 Å². The number of aryl methyl sites for hydroxylation is 1. The van der Waals surface area contributed by atoms with Crippen LogP contribution in [0.3, 0.4) is 0 Å². The first-order valence-corrected chi connectivity index (χ1v) is 10.2. The van der Waals surface area contributed by atoms with Crippen LogP contribution < -0.4 is 5.32 Å². The van der Waals surface area contributed by atoms with E-state index in [1.54, 1.807) is 24.3 Å². The van der Waals surface area contributed by atoms with E-state index in [2.05, 4.69) is 5.32 Å². The highest BCUT2D eigenvalue weighted by molar-refractivity contribution is 7.15. The summed E-state index contributed by atoms with van der Waals surface area (Å²) in [5.41, 5.74) is 3.76. The zero-order valence-electron chi connectivity index (χ0n) is 15.7. The number of ether oxygens (including phenoxy) is 1. The van der Waals surface area contributed by atoms with Gasteiger partial charge in [0.2, 0.25) is 5.91 Å². The number of anilines is 1. The van der Waals surface area contributed by atoms with E-state index in [-0.39, 0.29) is 5.91 Å². The molecule has 0 bridgehead atoms. The highest BCUT2D eigenvalue weighted by atomic mass is 35.5. The topological polar surface area (TPSA) is 55.4 Å². The van der Waals surface area contributed by atoms with Gasteiger partial charge in [-0.25, -0.2) is 4.79 Å². The molecule has 1 N–H and O–H groups in total. The third-order valence-corrected chi connectivity index (χ3v) is 5.79. The highest BCUT2D eigenvalue weighted by Crippen LogP contribution is 2.36. The van der Waals surface area contributed by atoms with Crippen LogP contribution in [0.5, 0.6) is 0 Å². The zero-order valence-corrected chi connectivity index (χ0v) is 18.0. The third-order valence-electron chi connectivity index (χ3n) is 4.15. The second-order valence-corrected chi connectivity index (χ2v) is 7.90. The third kappa shape index (κ3) is 5.07. The number of halogens is 2. The fraction of sp³-hybridized carbons (Fsp3) is 0.0909. The molecule has 0 saturated heterocycles. The number of amides is 1. The fourth-order valence-electron chi connectivity index (χ4n) is 2.64. The molecule has 0 radical (unpaired) electrons. The van der Waals surface area contributed by atoms with Gasteiger partial charge in [0.05, 0.1) is 17.2 Å². The molecule has 4 nitrogen and oxygen atoms in total. The van der Waals surface area contributed by atoms with Crippen molar-refractivity contribution in [3.05, 3.63) is 80.7 Å². The van der Waals surface area contributed by atoms with E-state index < -0.39 is 5.97 Å². The van der Waals surface area contributed by atoms with Crippen LogP contribution in [-0.4, -0.2) is 19.0 Å². The largest absolute Gasteiger partial charge is 0.465 e. The van der Waals surface area contributed by atoms with Crippen molar-refractivity contribution in [1.82, 2.24) is 0 Å². The van der Waals surface area contributed by atoms with Gasteiger partial charge in [-0.1, -0.05) is 59.1 Å². The molecular formula is C22H17Cl2NO3S. The van der Waals surface area contributed by atoms with Crippen LogP contribution in [-0.2, 0) is 9.53 Å². The number of esters is 1. The molecule has 0 unspecified atom stereocenters. The minimum atomic E-state index is -0.509. The van der Waals surface area contributed by atoms with E-state index in [9.17, 15) is 9.59 Å². The molecule has 0 aliphatic heterocycles. The average molecular weight is 446 g/mol. The number of methoxy groups -OCH3 is 1. The molecule has 0 aliphatic rings. The summed E-state index contributed by atoms with van der Waals surface area (Å²) in [4.78, 5) is 24.8. The summed E-state index contributed by atoms with van der Waals surface area (Å²) in [5.74, 6) is -0.885. The van der Waals surface area contributed by atoms with Gasteiger partial charge in [0.1, 0.15) is 10.6 Å². The fourth-order valence-corrected chi connectivity index (χ4v) is 3.91.